The van der Waals surface area contributed by atoms with Crippen molar-refractivity contribution in [3.8, 4) is 22.1 Å². The van der Waals surface area contributed by atoms with E-state index in [4.69, 9.17) is 4.74 Å². The van der Waals surface area contributed by atoms with Crippen LogP contribution in [0.2, 0.25) is 0 Å². The van der Waals surface area contributed by atoms with Gasteiger partial charge in [0.2, 0.25) is 5.95 Å². The lowest BCUT2D eigenvalue weighted by Gasteiger charge is -2.14. The second-order valence-corrected chi connectivity index (χ2v) is 7.00. The third kappa shape index (κ3) is 4.31. The van der Waals surface area contributed by atoms with Crippen molar-refractivity contribution >= 4 is 29.2 Å². The molecule has 0 aliphatic carbocycles. The Morgan fingerprint density at radius 1 is 1.19 bits per heavy atom. The summed E-state index contributed by atoms with van der Waals surface area (Å²) in [7, 11) is 1.55. The molecule has 138 valence electrons. The van der Waals surface area contributed by atoms with E-state index < -0.39 is 12.6 Å². The van der Waals surface area contributed by atoms with Crippen molar-refractivity contribution in [1.82, 2.24) is 14.8 Å². The van der Waals surface area contributed by atoms with Crippen LogP contribution in [0.25, 0.3) is 16.4 Å². The van der Waals surface area contributed by atoms with E-state index in [9.17, 15) is 13.2 Å². The number of ether oxygens (including phenoxy) is 1. The van der Waals surface area contributed by atoms with E-state index in [2.05, 4.69) is 14.9 Å². The molecule has 0 saturated carbocycles. The second-order valence-electron chi connectivity index (χ2n) is 5.15. The smallest absolute Gasteiger partial charge is 0.389 e. The summed E-state index contributed by atoms with van der Waals surface area (Å²) in [6, 6.07) is 11.1. The fraction of sp³-hybridized carbons (Fsp3) is 0.250. The highest BCUT2D eigenvalue weighted by Crippen LogP contribution is 2.33. The van der Waals surface area contributed by atoms with E-state index >= 15 is 0 Å². The Morgan fingerprint density at radius 2 is 2.00 bits per heavy atom. The summed E-state index contributed by atoms with van der Waals surface area (Å²) < 4.78 is 47.0. The largest absolute Gasteiger partial charge is 0.495 e. The molecule has 0 unspecified atom stereocenters. The van der Waals surface area contributed by atoms with Gasteiger partial charge in [0.25, 0.3) is 0 Å². The Morgan fingerprint density at radius 3 is 2.69 bits per heavy atom. The lowest BCUT2D eigenvalue weighted by atomic mass is 10.3. The molecule has 0 spiro atoms. The SMILES string of the molecule is COc1ccccc1-n1c(NSCCC(F)(F)F)nnc1-c1cccs1. The van der Waals surface area contributed by atoms with Gasteiger partial charge in [-0.15, -0.1) is 21.5 Å². The lowest BCUT2D eigenvalue weighted by Crippen LogP contribution is -2.10. The van der Waals surface area contributed by atoms with Crippen LogP contribution in [0.3, 0.4) is 0 Å². The first-order chi connectivity index (χ1) is 12.5. The highest BCUT2D eigenvalue weighted by Gasteiger charge is 2.26. The molecule has 26 heavy (non-hydrogen) atoms. The quantitative estimate of drug-likeness (QED) is 0.446. The molecule has 1 N–H and O–H groups in total. The zero-order chi connectivity index (χ0) is 18.6. The van der Waals surface area contributed by atoms with Crippen molar-refractivity contribution in [2.45, 2.75) is 12.6 Å². The second kappa shape index (κ2) is 8.00. The molecule has 0 aliphatic rings. The highest BCUT2D eigenvalue weighted by molar-refractivity contribution is 8.00. The van der Waals surface area contributed by atoms with E-state index in [0.717, 1.165) is 16.8 Å². The number of thiophene rings is 1. The van der Waals surface area contributed by atoms with Crippen LogP contribution in [0.1, 0.15) is 6.42 Å². The van der Waals surface area contributed by atoms with Gasteiger partial charge in [0.05, 0.1) is 24.1 Å². The van der Waals surface area contributed by atoms with Crippen molar-refractivity contribution in [2.24, 2.45) is 0 Å². The summed E-state index contributed by atoms with van der Waals surface area (Å²) in [6.45, 7) is 0. The number of alkyl halides is 3. The van der Waals surface area contributed by atoms with Gasteiger partial charge in [0.1, 0.15) is 5.75 Å². The number of aromatic nitrogens is 3. The molecule has 5 nitrogen and oxygen atoms in total. The van der Waals surface area contributed by atoms with Crippen LogP contribution in [-0.2, 0) is 0 Å². The van der Waals surface area contributed by atoms with Crippen LogP contribution >= 0.6 is 23.3 Å². The Hall–Kier alpha value is -2.20. The molecule has 2 heterocycles. The average molecular weight is 400 g/mol. The number of benzene rings is 1. The van der Waals surface area contributed by atoms with E-state index in [1.165, 1.54) is 11.3 Å². The normalized spacial score (nSPS) is 11.5. The summed E-state index contributed by atoms with van der Waals surface area (Å²) in [6.07, 6.45) is -5.07. The minimum absolute atomic E-state index is 0.128. The standard InChI is InChI=1S/C16H15F3N4OS2/c1-24-12-6-3-2-5-11(12)23-14(13-7-4-9-25-13)20-21-15(23)22-26-10-8-16(17,18)19/h2-7,9H,8,10H2,1H3,(H,21,22). The summed E-state index contributed by atoms with van der Waals surface area (Å²) >= 11 is 2.43. The number of hydrogen-bond acceptors (Lipinski definition) is 6. The first-order valence-electron chi connectivity index (χ1n) is 7.57. The number of rotatable bonds is 7. The molecule has 0 bridgehead atoms. The fourth-order valence-corrected chi connectivity index (χ4v) is 3.64. The first kappa shape index (κ1) is 18.6. The van der Waals surface area contributed by atoms with Crippen molar-refractivity contribution < 1.29 is 17.9 Å². The molecule has 1 aromatic carbocycles. The average Bonchev–Trinajstić information content (AvgIpc) is 3.27. The molecular weight excluding hydrogens is 385 g/mol. The van der Waals surface area contributed by atoms with Gasteiger partial charge in [0.15, 0.2) is 5.82 Å². The zero-order valence-electron chi connectivity index (χ0n) is 13.7. The molecule has 0 saturated heterocycles. The van der Waals surface area contributed by atoms with E-state index in [0.29, 0.717) is 23.2 Å². The molecule has 3 rings (SSSR count). The summed E-state index contributed by atoms with van der Waals surface area (Å²) in [5.74, 6) is 1.40. The minimum Gasteiger partial charge on any atom is -0.495 e. The Balaban J connectivity index is 1.93. The number of nitrogens with zero attached hydrogens (tertiary/aromatic N) is 3. The topological polar surface area (TPSA) is 52.0 Å². The maximum absolute atomic E-state index is 12.3. The Bertz CT molecular complexity index is 850. The Kier molecular flexibility index (Phi) is 5.72. The molecule has 0 amide bonds. The summed E-state index contributed by atoms with van der Waals surface area (Å²) in [4.78, 5) is 0.886. The van der Waals surface area contributed by atoms with Crippen molar-refractivity contribution in [3.63, 3.8) is 0 Å². The van der Waals surface area contributed by atoms with Crippen LogP contribution in [0, 0.1) is 0 Å². The van der Waals surface area contributed by atoms with Gasteiger partial charge >= 0.3 is 6.18 Å². The third-order valence-electron chi connectivity index (χ3n) is 3.38. The van der Waals surface area contributed by atoms with E-state index in [1.807, 2.05) is 35.7 Å². The number of hydrogen-bond donors (Lipinski definition) is 1. The number of anilines is 1. The molecule has 0 radical (unpaired) electrons. The minimum atomic E-state index is -4.19. The maximum atomic E-state index is 12.3. The van der Waals surface area contributed by atoms with Crippen LogP contribution in [0.5, 0.6) is 5.75 Å². The van der Waals surface area contributed by atoms with Crippen LogP contribution in [0.4, 0.5) is 19.1 Å². The van der Waals surface area contributed by atoms with Crippen LogP contribution < -0.4 is 9.46 Å². The van der Waals surface area contributed by atoms with E-state index in [1.54, 1.807) is 17.7 Å². The first-order valence-corrected chi connectivity index (χ1v) is 9.43. The molecular formula is C16H15F3N4OS2. The van der Waals surface area contributed by atoms with Gasteiger partial charge in [-0.1, -0.05) is 18.2 Å². The summed E-state index contributed by atoms with van der Waals surface area (Å²) in [5, 5.41) is 10.2. The van der Waals surface area contributed by atoms with Gasteiger partial charge < -0.3 is 4.74 Å². The van der Waals surface area contributed by atoms with Gasteiger partial charge in [-0.3, -0.25) is 9.29 Å². The zero-order valence-corrected chi connectivity index (χ0v) is 15.3. The number of methoxy groups -OCH3 is 1. The van der Waals surface area contributed by atoms with E-state index in [-0.39, 0.29) is 5.75 Å². The van der Waals surface area contributed by atoms with Gasteiger partial charge in [-0.05, 0) is 35.5 Å². The Labute approximate surface area is 156 Å². The lowest BCUT2D eigenvalue weighted by molar-refractivity contribution is -0.129. The fourth-order valence-electron chi connectivity index (χ4n) is 2.24. The van der Waals surface area contributed by atoms with Crippen molar-refractivity contribution in [2.75, 3.05) is 17.6 Å². The maximum Gasteiger partial charge on any atom is 0.389 e. The molecule has 0 atom stereocenters. The molecule has 2 aromatic heterocycles. The van der Waals surface area contributed by atoms with Crippen LogP contribution in [-0.4, -0.2) is 33.8 Å². The molecule has 0 fully saturated rings. The highest BCUT2D eigenvalue weighted by atomic mass is 32.2. The van der Waals surface area contributed by atoms with Crippen molar-refractivity contribution in [1.29, 1.82) is 0 Å². The third-order valence-corrected chi connectivity index (χ3v) is 4.98. The van der Waals surface area contributed by atoms with Gasteiger partial charge in [-0.25, -0.2) is 0 Å². The number of nitrogens with one attached hydrogen (secondary N) is 1. The molecule has 0 aliphatic heterocycles. The number of para-hydroxylation sites is 2. The monoisotopic (exact) mass is 400 g/mol. The van der Waals surface area contributed by atoms with Crippen molar-refractivity contribution in [3.05, 3.63) is 41.8 Å². The predicted molar refractivity (Wildman–Crippen MR) is 98.0 cm³/mol. The molecule has 3 aromatic rings. The van der Waals surface area contributed by atoms with Gasteiger partial charge in [0, 0.05) is 5.75 Å². The summed E-state index contributed by atoms with van der Waals surface area (Å²) in [5.41, 5.74) is 0.697. The number of halogens is 3. The van der Waals surface area contributed by atoms with Gasteiger partial charge in [-0.2, -0.15) is 13.2 Å². The predicted octanol–water partition coefficient (Wildman–Crippen LogP) is 5.02. The van der Waals surface area contributed by atoms with Crippen LogP contribution in [0.15, 0.2) is 41.8 Å². The molecule has 10 heteroatoms.